The molecule has 0 bridgehead atoms. The summed E-state index contributed by atoms with van der Waals surface area (Å²) in [7, 11) is 2.25. The quantitative estimate of drug-likeness (QED) is 0.733. The van der Waals surface area contributed by atoms with Crippen molar-refractivity contribution in [3.63, 3.8) is 0 Å². The van der Waals surface area contributed by atoms with Gasteiger partial charge in [-0.3, -0.25) is 0 Å². The molecule has 82 valence electrons. The fourth-order valence-corrected chi connectivity index (χ4v) is 93.5. The molecular weight excluding hydrogens is 226 g/mol. The standard InChI is InChI=1S/C8H12N.C5H5.Fe/c1-7(9-2)8-5-3-4-6-8;1-2-4-5-3-1;/h3-7,9H,1-2H3;1-5H;. The van der Waals surface area contributed by atoms with Gasteiger partial charge >= 0.3 is 79.5 Å². The average Bonchev–Trinajstić information content (AvgIpc) is 3.18. The molecule has 0 amide bonds. The van der Waals surface area contributed by atoms with Crippen LogP contribution in [-0.2, 0) is 6.51 Å². The number of nitrogens with one attached hydrogen (secondary N) is 1. The summed E-state index contributed by atoms with van der Waals surface area (Å²) in [5.74, 6) is 0. The van der Waals surface area contributed by atoms with Crippen LogP contribution < -0.4 is 5.32 Å². The van der Waals surface area contributed by atoms with Gasteiger partial charge in [0, 0.05) is 0 Å². The van der Waals surface area contributed by atoms with Crippen LogP contribution in [0.2, 0.25) is 47.7 Å². The second-order valence-electron chi connectivity index (χ2n) is 10.7. The van der Waals surface area contributed by atoms with Gasteiger partial charge in [0.2, 0.25) is 0 Å². The minimum atomic E-state index is -2.69. The molecule has 0 saturated carbocycles. The van der Waals surface area contributed by atoms with E-state index in [0.29, 0.717) is 0 Å². The van der Waals surface area contributed by atoms with E-state index >= 15 is 0 Å². The maximum absolute atomic E-state index is 3.72. The number of fused-ring (bicyclic) bond motifs is 10. The molecular formula is C13H17FeN. The zero-order chi connectivity index (χ0) is 9.30. The first-order valence-corrected chi connectivity index (χ1v) is 13.2. The summed E-state index contributed by atoms with van der Waals surface area (Å²) in [6.07, 6.45) is 0. The molecule has 0 radical (unpaired) electrons. The zero-order valence-corrected chi connectivity index (χ0v) is 10.2. The van der Waals surface area contributed by atoms with Crippen LogP contribution >= 0.6 is 0 Å². The van der Waals surface area contributed by atoms with E-state index < -0.39 is 6.51 Å². The predicted octanol–water partition coefficient (Wildman–Crippen LogP) is 3.35. The second kappa shape index (κ2) is 0.387. The summed E-state index contributed by atoms with van der Waals surface area (Å²) < 4.78 is 1.09. The second-order valence-corrected chi connectivity index (χ2v) is 34.3. The zero-order valence-electron chi connectivity index (χ0n) is 9.13. The molecule has 10 heterocycles. The van der Waals surface area contributed by atoms with Crippen molar-refractivity contribution in [1.29, 1.82) is 0 Å². The first-order valence-electron chi connectivity index (χ1n) is 6.91. The van der Waals surface area contributed by atoms with Gasteiger partial charge in [-0.15, -0.1) is 0 Å². The molecule has 0 aromatic carbocycles. The van der Waals surface area contributed by atoms with Crippen molar-refractivity contribution in [2.75, 3.05) is 7.05 Å². The van der Waals surface area contributed by atoms with Gasteiger partial charge in [-0.25, -0.2) is 0 Å². The Labute approximate surface area is 79.7 Å². The summed E-state index contributed by atoms with van der Waals surface area (Å²) >= 11 is 0. The Balaban J connectivity index is 1.77. The molecule has 2 heteroatoms. The molecule has 5 atom stereocenters. The Hall–Kier alpha value is 0.479. The maximum atomic E-state index is 3.72. The van der Waals surface area contributed by atoms with Gasteiger partial charge in [0.1, 0.15) is 0 Å². The number of rotatable bonds is 2. The van der Waals surface area contributed by atoms with Crippen molar-refractivity contribution in [2.24, 2.45) is 0 Å². The van der Waals surface area contributed by atoms with Gasteiger partial charge in [-0.05, 0) is 0 Å². The monoisotopic (exact) mass is 243 g/mol. The Kier molecular flexibility index (Phi) is 0.140. The van der Waals surface area contributed by atoms with E-state index in [2.05, 4.69) is 19.3 Å². The summed E-state index contributed by atoms with van der Waals surface area (Å²) in [5, 5.41) is 3.72. The van der Waals surface area contributed by atoms with Gasteiger partial charge in [0.05, 0.1) is 0 Å². The Morgan fingerprint density at radius 3 is 1.60 bits per heavy atom. The molecule has 0 aliphatic carbocycles. The molecule has 15 heavy (non-hydrogen) atoms. The number of hydrogen-bond donors (Lipinski definition) is 1. The molecule has 10 saturated heterocycles. The van der Waals surface area contributed by atoms with Gasteiger partial charge in [-0.2, -0.15) is 0 Å². The van der Waals surface area contributed by atoms with Crippen molar-refractivity contribution in [3.8, 4) is 0 Å². The SMILES string of the molecule is CNC(C)[C]12[CH]3[CH]4[CH]5[CH]1[Fe]45321678[CH]2[CH]1[CH]6[CH]7[CH]28. The van der Waals surface area contributed by atoms with Crippen molar-refractivity contribution in [2.45, 2.75) is 60.6 Å². The minimum absolute atomic E-state index is 0.937. The third-order valence-corrected chi connectivity index (χ3v) is 58.7. The summed E-state index contributed by atoms with van der Waals surface area (Å²) in [4.78, 5) is 13.5. The third-order valence-electron chi connectivity index (χ3n) is 15.9. The van der Waals surface area contributed by atoms with E-state index in [4.69, 9.17) is 0 Å². The fraction of sp³-hybridized carbons (Fsp3) is 1.00. The van der Waals surface area contributed by atoms with Crippen molar-refractivity contribution in [3.05, 3.63) is 0 Å². The fourth-order valence-electron chi connectivity index (χ4n) is 17.8. The topological polar surface area (TPSA) is 12.0 Å². The first kappa shape index (κ1) is 5.42. The van der Waals surface area contributed by atoms with Crippen LogP contribution in [0.3, 0.4) is 0 Å². The molecule has 1 N–H and O–H groups in total. The van der Waals surface area contributed by atoms with Crippen LogP contribution in [0.1, 0.15) is 6.92 Å². The van der Waals surface area contributed by atoms with E-state index in [0.717, 1.165) is 10.4 Å². The van der Waals surface area contributed by atoms with Gasteiger partial charge in [0.15, 0.2) is 0 Å². The summed E-state index contributed by atoms with van der Waals surface area (Å²) in [6.45, 7) is -0.118. The van der Waals surface area contributed by atoms with E-state index in [1.54, 1.807) is 0 Å². The first-order chi connectivity index (χ1) is 7.03. The molecule has 10 rings (SSSR count). The van der Waals surface area contributed by atoms with Gasteiger partial charge in [0.25, 0.3) is 0 Å². The Morgan fingerprint density at radius 1 is 0.933 bits per heavy atom. The van der Waals surface area contributed by atoms with E-state index in [1.165, 1.54) is 43.3 Å². The number of hydrogen-bond acceptors (Lipinski definition) is 1. The van der Waals surface area contributed by atoms with E-state index in [1.807, 2.05) is 0 Å². The predicted molar refractivity (Wildman–Crippen MR) is 55.0 cm³/mol. The van der Waals surface area contributed by atoms with Crippen LogP contribution in [0.25, 0.3) is 0 Å². The Bertz CT molecular complexity index is 817. The van der Waals surface area contributed by atoms with Gasteiger partial charge < -0.3 is 0 Å². The van der Waals surface area contributed by atoms with Crippen LogP contribution in [-0.4, -0.2) is 13.1 Å². The molecule has 10 aliphatic heterocycles. The molecule has 0 aromatic rings. The molecule has 10 aliphatic rings. The normalized spacial score (nSPS) is 136. The van der Waals surface area contributed by atoms with E-state index in [9.17, 15) is 0 Å². The molecule has 1 nitrogen and oxygen atoms in total. The molecule has 10 fully saturated rings. The van der Waals surface area contributed by atoms with Crippen LogP contribution in [0.5, 0.6) is 0 Å². The van der Waals surface area contributed by atoms with Crippen LogP contribution in [0, 0.1) is 0 Å². The average molecular weight is 243 g/mol. The van der Waals surface area contributed by atoms with Crippen molar-refractivity contribution in [1.82, 2.24) is 5.32 Å². The Morgan fingerprint density at radius 2 is 1.40 bits per heavy atom. The van der Waals surface area contributed by atoms with E-state index in [-0.39, 0.29) is 0 Å². The van der Waals surface area contributed by atoms with Crippen molar-refractivity contribution < 1.29 is 6.51 Å². The summed E-state index contributed by atoms with van der Waals surface area (Å²) in [6, 6.07) is 0.937. The van der Waals surface area contributed by atoms with Crippen LogP contribution in [0.15, 0.2) is 0 Å². The van der Waals surface area contributed by atoms with Gasteiger partial charge in [-0.1, -0.05) is 0 Å². The molecule has 5 unspecified atom stereocenters. The summed E-state index contributed by atoms with van der Waals surface area (Å²) in [5.41, 5.74) is 0. The van der Waals surface area contributed by atoms with Crippen molar-refractivity contribution >= 4 is 0 Å². The third kappa shape index (κ3) is 0.0460. The molecule has 0 aromatic heterocycles. The van der Waals surface area contributed by atoms with Crippen LogP contribution in [0.4, 0.5) is 0 Å². The molecule has 1 spiro atoms.